The third kappa shape index (κ3) is 3.16. The molecule has 0 bridgehead atoms. The summed E-state index contributed by atoms with van der Waals surface area (Å²) < 4.78 is 0. The van der Waals surface area contributed by atoms with Gasteiger partial charge in [0.1, 0.15) is 0 Å². The van der Waals surface area contributed by atoms with Crippen LogP contribution in [0.4, 0.5) is 11.6 Å². The predicted octanol–water partition coefficient (Wildman–Crippen LogP) is 1.68. The molecule has 6 nitrogen and oxygen atoms in total. The number of anilines is 2. The molecule has 0 saturated heterocycles. The maximum Gasteiger partial charge on any atom is 0.273 e. The van der Waals surface area contributed by atoms with Gasteiger partial charge in [0, 0.05) is 13.6 Å². The minimum Gasteiger partial charge on any atom is -0.382 e. The van der Waals surface area contributed by atoms with E-state index < -0.39 is 5.91 Å². The molecule has 1 heterocycles. The van der Waals surface area contributed by atoms with E-state index in [1.54, 1.807) is 0 Å². The van der Waals surface area contributed by atoms with E-state index in [0.29, 0.717) is 12.4 Å². The summed E-state index contributed by atoms with van der Waals surface area (Å²) in [6.07, 6.45) is 0. The van der Waals surface area contributed by atoms with E-state index in [2.05, 4.69) is 20.6 Å². The zero-order valence-electron chi connectivity index (χ0n) is 10.9. The van der Waals surface area contributed by atoms with Crippen LogP contribution in [0, 0.1) is 0 Å². The average Bonchev–Trinajstić information content (AvgIpc) is 2.48. The Morgan fingerprint density at radius 1 is 1.30 bits per heavy atom. The second kappa shape index (κ2) is 6.21. The lowest BCUT2D eigenvalue weighted by Crippen LogP contribution is -2.22. The van der Waals surface area contributed by atoms with Gasteiger partial charge >= 0.3 is 0 Å². The molecule has 0 fully saturated rings. The van der Waals surface area contributed by atoms with Gasteiger partial charge in [0.15, 0.2) is 22.5 Å². The van der Waals surface area contributed by atoms with Crippen molar-refractivity contribution in [3.8, 4) is 0 Å². The summed E-state index contributed by atoms with van der Waals surface area (Å²) >= 11 is 6.00. The topological polar surface area (TPSA) is 92.9 Å². The minimum atomic E-state index is -0.425. The van der Waals surface area contributed by atoms with Gasteiger partial charge in [-0.05, 0) is 5.56 Å². The number of carbonyl (C=O) groups is 1. The number of nitrogens with two attached hydrogens (primary N) is 1. The van der Waals surface area contributed by atoms with Crippen LogP contribution in [0.3, 0.4) is 0 Å². The molecule has 2 aromatic rings. The van der Waals surface area contributed by atoms with E-state index in [1.165, 1.54) is 7.05 Å². The first kappa shape index (κ1) is 14.1. The van der Waals surface area contributed by atoms with Crippen molar-refractivity contribution in [1.82, 2.24) is 15.3 Å². The van der Waals surface area contributed by atoms with E-state index >= 15 is 0 Å². The Kier molecular flexibility index (Phi) is 4.37. The van der Waals surface area contributed by atoms with Crippen molar-refractivity contribution in [3.05, 3.63) is 46.7 Å². The maximum atomic E-state index is 11.5. The number of hydrogen-bond acceptors (Lipinski definition) is 5. The molecular formula is C13H14ClN5O. The number of benzene rings is 1. The molecule has 0 atom stereocenters. The summed E-state index contributed by atoms with van der Waals surface area (Å²) in [4.78, 5) is 19.5. The van der Waals surface area contributed by atoms with Crippen LogP contribution in [0.15, 0.2) is 30.3 Å². The summed E-state index contributed by atoms with van der Waals surface area (Å²) in [7, 11) is 1.49. The molecule has 0 aliphatic heterocycles. The highest BCUT2D eigenvalue weighted by molar-refractivity contribution is 6.32. The summed E-state index contributed by atoms with van der Waals surface area (Å²) in [5.74, 6) is -0.0449. The summed E-state index contributed by atoms with van der Waals surface area (Å²) in [5, 5.41) is 5.57. The number of nitrogens with zero attached hydrogens (tertiary/aromatic N) is 2. The predicted molar refractivity (Wildman–Crippen MR) is 78.6 cm³/mol. The van der Waals surface area contributed by atoms with Gasteiger partial charge in [-0.15, -0.1) is 0 Å². The molecule has 1 aromatic heterocycles. The molecule has 20 heavy (non-hydrogen) atoms. The molecule has 1 amide bonds. The Bertz CT molecular complexity index is 618. The molecular weight excluding hydrogens is 278 g/mol. The van der Waals surface area contributed by atoms with Gasteiger partial charge in [0.05, 0.1) is 0 Å². The number of nitrogens with one attached hydrogen (secondary N) is 2. The van der Waals surface area contributed by atoms with Crippen LogP contribution in [0.2, 0.25) is 5.15 Å². The van der Waals surface area contributed by atoms with Gasteiger partial charge in [0.25, 0.3) is 5.91 Å². The number of amides is 1. The molecule has 0 spiro atoms. The Hall–Kier alpha value is -2.34. The van der Waals surface area contributed by atoms with Gasteiger partial charge in [-0.2, -0.15) is 0 Å². The van der Waals surface area contributed by atoms with E-state index in [-0.39, 0.29) is 16.7 Å². The summed E-state index contributed by atoms with van der Waals surface area (Å²) in [6.45, 7) is 0.536. The largest absolute Gasteiger partial charge is 0.382 e. The monoisotopic (exact) mass is 291 g/mol. The molecule has 1 aromatic carbocycles. The van der Waals surface area contributed by atoms with Crippen molar-refractivity contribution in [3.63, 3.8) is 0 Å². The first-order valence-corrected chi connectivity index (χ1v) is 6.32. The molecule has 0 unspecified atom stereocenters. The Labute approximate surface area is 121 Å². The Balaban J connectivity index is 2.17. The van der Waals surface area contributed by atoms with Crippen LogP contribution in [0.5, 0.6) is 0 Å². The molecule has 0 saturated carbocycles. The van der Waals surface area contributed by atoms with Gasteiger partial charge < -0.3 is 16.4 Å². The van der Waals surface area contributed by atoms with Crippen molar-refractivity contribution in [2.45, 2.75) is 6.54 Å². The van der Waals surface area contributed by atoms with Crippen LogP contribution < -0.4 is 16.4 Å². The molecule has 0 aliphatic carbocycles. The Morgan fingerprint density at radius 3 is 2.65 bits per heavy atom. The van der Waals surface area contributed by atoms with Gasteiger partial charge in [-0.3, -0.25) is 4.79 Å². The van der Waals surface area contributed by atoms with Crippen LogP contribution in [-0.4, -0.2) is 22.9 Å². The summed E-state index contributed by atoms with van der Waals surface area (Å²) in [5.41, 5.74) is 6.79. The minimum absolute atomic E-state index is 0.0164. The van der Waals surface area contributed by atoms with E-state index in [1.807, 2.05) is 30.3 Å². The van der Waals surface area contributed by atoms with Crippen LogP contribution in [0.25, 0.3) is 0 Å². The smallest absolute Gasteiger partial charge is 0.273 e. The lowest BCUT2D eigenvalue weighted by atomic mass is 10.2. The fourth-order valence-corrected chi connectivity index (χ4v) is 1.80. The first-order chi connectivity index (χ1) is 9.61. The molecule has 2 rings (SSSR count). The lowest BCUT2D eigenvalue weighted by molar-refractivity contribution is 0.0959. The highest BCUT2D eigenvalue weighted by Gasteiger charge is 2.15. The molecule has 104 valence electrons. The number of halogens is 1. The fourth-order valence-electron chi connectivity index (χ4n) is 1.61. The van der Waals surface area contributed by atoms with Crippen molar-refractivity contribution >= 4 is 29.1 Å². The first-order valence-electron chi connectivity index (χ1n) is 5.94. The maximum absolute atomic E-state index is 11.5. The second-order valence-corrected chi connectivity index (χ2v) is 4.37. The van der Waals surface area contributed by atoms with Gasteiger partial charge in [-0.25, -0.2) is 9.97 Å². The van der Waals surface area contributed by atoms with Crippen LogP contribution in [0.1, 0.15) is 16.1 Å². The van der Waals surface area contributed by atoms with E-state index in [4.69, 9.17) is 17.3 Å². The molecule has 7 heteroatoms. The van der Waals surface area contributed by atoms with Crippen molar-refractivity contribution in [2.75, 3.05) is 18.1 Å². The number of aromatic nitrogens is 2. The number of nitrogen functional groups attached to an aromatic ring is 1. The van der Waals surface area contributed by atoms with Crippen molar-refractivity contribution in [1.29, 1.82) is 0 Å². The summed E-state index contributed by atoms with van der Waals surface area (Å²) in [6, 6.07) is 9.75. The number of rotatable bonds is 4. The second-order valence-electron chi connectivity index (χ2n) is 4.02. The molecule has 0 aliphatic rings. The number of hydrogen-bond donors (Lipinski definition) is 3. The molecule has 4 N–H and O–H groups in total. The average molecular weight is 292 g/mol. The van der Waals surface area contributed by atoms with Gasteiger partial charge in [0.2, 0.25) is 0 Å². The zero-order chi connectivity index (χ0) is 14.5. The van der Waals surface area contributed by atoms with Gasteiger partial charge in [-0.1, -0.05) is 41.9 Å². The normalized spacial score (nSPS) is 10.1. The van der Waals surface area contributed by atoms with E-state index in [0.717, 1.165) is 5.56 Å². The highest BCUT2D eigenvalue weighted by atomic mass is 35.5. The number of carbonyl (C=O) groups excluding carboxylic acids is 1. The molecule has 0 radical (unpaired) electrons. The third-order valence-electron chi connectivity index (χ3n) is 2.63. The highest BCUT2D eigenvalue weighted by Crippen LogP contribution is 2.21. The standard InChI is InChI=1S/C13H14ClN5O/c1-16-13(20)9-11(15)19-12(10(14)18-9)17-7-8-5-3-2-4-6-8/h2-6H,7H2,1H3,(H,16,20)(H3,15,17,19). The lowest BCUT2D eigenvalue weighted by Gasteiger charge is -2.10. The van der Waals surface area contributed by atoms with E-state index in [9.17, 15) is 4.79 Å². The van der Waals surface area contributed by atoms with Crippen molar-refractivity contribution < 1.29 is 4.79 Å². The zero-order valence-corrected chi connectivity index (χ0v) is 11.6. The van der Waals surface area contributed by atoms with Crippen LogP contribution in [-0.2, 0) is 6.54 Å². The Morgan fingerprint density at radius 2 is 2.00 bits per heavy atom. The quantitative estimate of drug-likeness (QED) is 0.797. The SMILES string of the molecule is CNC(=O)c1nc(Cl)c(NCc2ccccc2)nc1N. The fraction of sp³-hybridized carbons (Fsp3) is 0.154. The third-order valence-corrected chi connectivity index (χ3v) is 2.89. The van der Waals surface area contributed by atoms with Crippen LogP contribution >= 0.6 is 11.6 Å². The van der Waals surface area contributed by atoms with Crippen molar-refractivity contribution in [2.24, 2.45) is 0 Å².